The van der Waals surface area contributed by atoms with Gasteiger partial charge in [0.05, 0.1) is 0 Å². The molecule has 0 aromatic heterocycles. The number of allylic oxidation sites excluding steroid dienone is 2. The molecular formula is C17H23BrO3. The Hall–Kier alpha value is -0.900. The Morgan fingerprint density at radius 2 is 2.10 bits per heavy atom. The summed E-state index contributed by atoms with van der Waals surface area (Å²) >= 11 is 3.24. The van der Waals surface area contributed by atoms with E-state index in [2.05, 4.69) is 29.4 Å². The number of alkyl halides is 1. The van der Waals surface area contributed by atoms with Crippen LogP contribution in [-0.2, 0) is 14.3 Å². The number of carbonyl (C=O) groups excluding carboxylic acids is 2. The molecule has 0 aliphatic heterocycles. The zero-order valence-electron chi connectivity index (χ0n) is 12.8. The third-order valence-electron chi connectivity index (χ3n) is 4.94. The number of ether oxygens (including phenoxy) is 1. The van der Waals surface area contributed by atoms with Crippen LogP contribution in [0.1, 0.15) is 39.5 Å². The van der Waals surface area contributed by atoms with Crippen molar-refractivity contribution in [1.82, 2.24) is 0 Å². The van der Waals surface area contributed by atoms with E-state index in [1.165, 1.54) is 5.57 Å². The number of Topliss-reactive ketones (excluding diaryl/α,β-unsaturated/α-hetero) is 1. The molecule has 0 radical (unpaired) electrons. The number of ketones is 1. The molecule has 2 aliphatic carbocycles. The Bertz CT molecular complexity index is 492. The first-order chi connectivity index (χ1) is 9.95. The van der Waals surface area contributed by atoms with Crippen molar-refractivity contribution >= 4 is 27.7 Å². The summed E-state index contributed by atoms with van der Waals surface area (Å²) < 4.78 is 5.16. The van der Waals surface area contributed by atoms with E-state index >= 15 is 0 Å². The Labute approximate surface area is 134 Å². The summed E-state index contributed by atoms with van der Waals surface area (Å²) in [4.78, 5) is 24.0. The smallest absolute Gasteiger partial charge is 0.333 e. The Balaban J connectivity index is 2.14. The van der Waals surface area contributed by atoms with Crippen LogP contribution in [0.5, 0.6) is 0 Å². The normalized spacial score (nSPS) is 29.1. The summed E-state index contributed by atoms with van der Waals surface area (Å²) in [5, 5.41) is 0.633. The Morgan fingerprint density at radius 3 is 2.76 bits per heavy atom. The van der Waals surface area contributed by atoms with Gasteiger partial charge in [-0.2, -0.15) is 0 Å². The van der Waals surface area contributed by atoms with E-state index in [-0.39, 0.29) is 17.7 Å². The molecule has 0 bridgehead atoms. The van der Waals surface area contributed by atoms with Gasteiger partial charge in [0, 0.05) is 17.3 Å². The molecule has 4 heteroatoms. The molecule has 1 unspecified atom stereocenters. The lowest BCUT2D eigenvalue weighted by molar-refractivity contribution is -0.139. The second kappa shape index (κ2) is 6.91. The molecule has 2 rings (SSSR count). The van der Waals surface area contributed by atoms with Crippen molar-refractivity contribution in [2.24, 2.45) is 17.8 Å². The SMILES string of the molecule is C=C(C(=O)OCCBr)C1CC[C@@H](C)[C@H]2CC(=O)C(C)=C2C1. The molecule has 3 atom stereocenters. The molecule has 0 N–H and O–H groups in total. The van der Waals surface area contributed by atoms with E-state index in [1.807, 2.05) is 6.92 Å². The van der Waals surface area contributed by atoms with Crippen molar-refractivity contribution in [2.75, 3.05) is 11.9 Å². The number of fused-ring (bicyclic) bond motifs is 1. The van der Waals surface area contributed by atoms with Gasteiger partial charge in [0.25, 0.3) is 0 Å². The molecule has 0 aromatic carbocycles. The van der Waals surface area contributed by atoms with Crippen molar-refractivity contribution in [3.8, 4) is 0 Å². The summed E-state index contributed by atoms with van der Waals surface area (Å²) in [6, 6.07) is 0. The molecule has 2 aliphatic rings. The van der Waals surface area contributed by atoms with Crippen molar-refractivity contribution in [3.63, 3.8) is 0 Å². The third-order valence-corrected chi connectivity index (χ3v) is 5.27. The molecule has 1 fully saturated rings. The van der Waals surface area contributed by atoms with Crippen molar-refractivity contribution in [2.45, 2.75) is 39.5 Å². The largest absolute Gasteiger partial charge is 0.461 e. The molecule has 0 heterocycles. The van der Waals surface area contributed by atoms with Crippen LogP contribution in [-0.4, -0.2) is 23.7 Å². The molecule has 0 amide bonds. The van der Waals surface area contributed by atoms with Crippen LogP contribution in [0.3, 0.4) is 0 Å². The van der Waals surface area contributed by atoms with Crippen molar-refractivity contribution in [3.05, 3.63) is 23.3 Å². The third kappa shape index (κ3) is 3.47. The monoisotopic (exact) mass is 354 g/mol. The predicted octanol–water partition coefficient (Wildman–Crippen LogP) is 3.82. The molecule has 0 spiro atoms. The lowest BCUT2D eigenvalue weighted by Crippen LogP contribution is -2.16. The summed E-state index contributed by atoms with van der Waals surface area (Å²) in [7, 11) is 0. The number of hydrogen-bond donors (Lipinski definition) is 0. The van der Waals surface area contributed by atoms with Crippen molar-refractivity contribution < 1.29 is 14.3 Å². The number of hydrogen-bond acceptors (Lipinski definition) is 3. The van der Waals surface area contributed by atoms with Gasteiger partial charge < -0.3 is 4.74 Å². The van der Waals surface area contributed by atoms with Gasteiger partial charge in [0.2, 0.25) is 0 Å². The quantitative estimate of drug-likeness (QED) is 0.437. The van der Waals surface area contributed by atoms with Gasteiger partial charge >= 0.3 is 5.97 Å². The van der Waals surface area contributed by atoms with Crippen LogP contribution in [0, 0.1) is 17.8 Å². The minimum Gasteiger partial charge on any atom is -0.461 e. The first kappa shape index (κ1) is 16.5. The predicted molar refractivity (Wildman–Crippen MR) is 86.2 cm³/mol. The number of esters is 1. The van der Waals surface area contributed by atoms with Gasteiger partial charge in [0.15, 0.2) is 5.78 Å². The fraction of sp³-hybridized carbons (Fsp3) is 0.647. The lowest BCUT2D eigenvalue weighted by atomic mass is 9.86. The molecule has 0 aromatic rings. The summed E-state index contributed by atoms with van der Waals surface area (Å²) in [5.41, 5.74) is 2.73. The Kier molecular flexibility index (Phi) is 5.42. The van der Waals surface area contributed by atoms with Crippen molar-refractivity contribution in [1.29, 1.82) is 0 Å². The highest BCUT2D eigenvalue weighted by Gasteiger charge is 2.38. The standard InChI is InChI=1S/C17H23BrO3/c1-10-4-5-13(11(2)17(20)21-7-6-18)8-15-12(3)16(19)9-14(10)15/h10,13-14H,2,4-9H2,1,3H3/t10-,13?,14-/m1/s1. The minimum absolute atomic E-state index is 0.108. The molecular weight excluding hydrogens is 332 g/mol. The molecule has 1 saturated carbocycles. The van der Waals surface area contributed by atoms with Crippen LogP contribution < -0.4 is 0 Å². The van der Waals surface area contributed by atoms with Crippen LogP contribution in [0.25, 0.3) is 0 Å². The first-order valence-electron chi connectivity index (χ1n) is 7.60. The average Bonchev–Trinajstić information content (AvgIpc) is 2.65. The fourth-order valence-corrected chi connectivity index (χ4v) is 3.67. The van der Waals surface area contributed by atoms with E-state index in [0.29, 0.717) is 35.8 Å². The number of carbonyl (C=O) groups is 2. The van der Waals surface area contributed by atoms with E-state index in [0.717, 1.165) is 24.8 Å². The highest BCUT2D eigenvalue weighted by Crippen LogP contribution is 2.45. The zero-order chi connectivity index (χ0) is 15.6. The maximum absolute atomic E-state index is 12.0. The number of halogens is 1. The van der Waals surface area contributed by atoms with Gasteiger partial charge in [0.1, 0.15) is 6.61 Å². The molecule has 3 nitrogen and oxygen atoms in total. The van der Waals surface area contributed by atoms with Crippen LogP contribution in [0.2, 0.25) is 0 Å². The van der Waals surface area contributed by atoms with E-state index in [4.69, 9.17) is 4.74 Å². The highest BCUT2D eigenvalue weighted by molar-refractivity contribution is 9.09. The van der Waals surface area contributed by atoms with Crippen LogP contribution >= 0.6 is 15.9 Å². The molecule has 116 valence electrons. The van der Waals surface area contributed by atoms with Gasteiger partial charge in [-0.25, -0.2) is 4.79 Å². The summed E-state index contributed by atoms with van der Waals surface area (Å²) in [6.07, 6.45) is 3.42. The van der Waals surface area contributed by atoms with Gasteiger partial charge in [-0.05, 0) is 49.5 Å². The molecule has 0 saturated heterocycles. The van der Waals surface area contributed by atoms with Gasteiger partial charge in [-0.3, -0.25) is 4.79 Å². The van der Waals surface area contributed by atoms with Crippen LogP contribution in [0.4, 0.5) is 0 Å². The second-order valence-corrected chi connectivity index (χ2v) is 6.98. The van der Waals surface area contributed by atoms with E-state index in [1.54, 1.807) is 0 Å². The van der Waals surface area contributed by atoms with Gasteiger partial charge in [-0.1, -0.05) is 35.0 Å². The second-order valence-electron chi connectivity index (χ2n) is 6.19. The maximum atomic E-state index is 12.0. The lowest BCUT2D eigenvalue weighted by Gasteiger charge is -2.18. The van der Waals surface area contributed by atoms with E-state index in [9.17, 15) is 9.59 Å². The summed E-state index contributed by atoms with van der Waals surface area (Å²) in [5.74, 6) is 0.950. The maximum Gasteiger partial charge on any atom is 0.333 e. The first-order valence-corrected chi connectivity index (χ1v) is 8.72. The number of rotatable bonds is 4. The average molecular weight is 355 g/mol. The summed E-state index contributed by atoms with van der Waals surface area (Å²) in [6.45, 7) is 8.47. The van der Waals surface area contributed by atoms with Gasteiger partial charge in [-0.15, -0.1) is 0 Å². The van der Waals surface area contributed by atoms with Crippen LogP contribution in [0.15, 0.2) is 23.3 Å². The zero-order valence-corrected chi connectivity index (χ0v) is 14.4. The topological polar surface area (TPSA) is 43.4 Å². The Morgan fingerprint density at radius 1 is 1.38 bits per heavy atom. The van der Waals surface area contributed by atoms with E-state index < -0.39 is 0 Å². The molecule has 21 heavy (non-hydrogen) atoms. The fourth-order valence-electron chi connectivity index (χ4n) is 3.50. The minimum atomic E-state index is -0.298. The highest BCUT2D eigenvalue weighted by atomic mass is 79.9.